The van der Waals surface area contributed by atoms with E-state index in [-0.39, 0.29) is 23.7 Å². The zero-order chi connectivity index (χ0) is 19.8. The van der Waals surface area contributed by atoms with E-state index < -0.39 is 11.4 Å². The molecule has 0 bridgehead atoms. The molecule has 0 unspecified atom stereocenters. The van der Waals surface area contributed by atoms with E-state index in [0.717, 1.165) is 25.2 Å². The summed E-state index contributed by atoms with van der Waals surface area (Å²) in [6, 6.07) is 4.90. The third-order valence-electron chi connectivity index (χ3n) is 5.22. The highest BCUT2D eigenvalue weighted by molar-refractivity contribution is 5.69. The molecule has 0 aromatic heterocycles. The molecule has 2 atom stereocenters. The first-order valence-corrected chi connectivity index (χ1v) is 9.34. The van der Waals surface area contributed by atoms with E-state index >= 15 is 0 Å². The second kappa shape index (κ2) is 7.45. The van der Waals surface area contributed by atoms with Gasteiger partial charge in [0.15, 0.2) is 0 Å². The number of nitriles is 1. The number of carbonyl (C=O) groups is 1. The van der Waals surface area contributed by atoms with Gasteiger partial charge in [-0.25, -0.2) is 9.18 Å². The molecule has 27 heavy (non-hydrogen) atoms. The lowest BCUT2D eigenvalue weighted by atomic mass is 9.92. The molecule has 0 saturated carbocycles. The molecule has 0 spiro atoms. The lowest BCUT2D eigenvalue weighted by Crippen LogP contribution is -2.63. The Hall–Kier alpha value is -2.17. The molecular formula is C20H27FN4O2. The molecule has 2 fully saturated rings. The Balaban J connectivity index is 1.98. The third kappa shape index (κ3) is 4.07. The molecule has 2 saturated heterocycles. The molecule has 7 heteroatoms. The highest BCUT2D eigenvalue weighted by Gasteiger charge is 2.40. The number of ether oxygens (including phenoxy) is 1. The predicted molar refractivity (Wildman–Crippen MR) is 99.8 cm³/mol. The van der Waals surface area contributed by atoms with E-state index in [1.165, 1.54) is 6.07 Å². The SMILES string of the molecule is Cc1c([C@H]2CN3CCNC[C@@H]3CN2C(=O)OC(C)(C)C)ccc(F)c1C#N. The zero-order valence-corrected chi connectivity index (χ0v) is 16.4. The molecule has 146 valence electrons. The van der Waals surface area contributed by atoms with Crippen LogP contribution in [0.25, 0.3) is 0 Å². The monoisotopic (exact) mass is 374 g/mol. The molecule has 1 aromatic carbocycles. The Morgan fingerprint density at radius 1 is 1.37 bits per heavy atom. The number of amides is 1. The maximum Gasteiger partial charge on any atom is 0.410 e. The molecule has 2 aliphatic rings. The zero-order valence-electron chi connectivity index (χ0n) is 16.4. The van der Waals surface area contributed by atoms with Crippen molar-refractivity contribution in [2.45, 2.75) is 45.4 Å². The summed E-state index contributed by atoms with van der Waals surface area (Å²) in [5.41, 5.74) is 0.832. The van der Waals surface area contributed by atoms with Crippen LogP contribution >= 0.6 is 0 Å². The highest BCUT2D eigenvalue weighted by Crippen LogP contribution is 2.33. The molecule has 6 nitrogen and oxygen atoms in total. The number of carbonyl (C=O) groups excluding carboxylic acids is 1. The van der Waals surface area contributed by atoms with Crippen LogP contribution in [0.1, 0.15) is 43.5 Å². The average Bonchev–Trinajstić information content (AvgIpc) is 2.60. The first-order chi connectivity index (χ1) is 12.7. The van der Waals surface area contributed by atoms with Gasteiger partial charge in [0.25, 0.3) is 0 Å². The fraction of sp³-hybridized carbons (Fsp3) is 0.600. The van der Waals surface area contributed by atoms with Gasteiger partial charge >= 0.3 is 6.09 Å². The normalized spacial score (nSPS) is 23.5. The summed E-state index contributed by atoms with van der Waals surface area (Å²) in [4.78, 5) is 17.0. The number of halogens is 1. The van der Waals surface area contributed by atoms with Crippen molar-refractivity contribution in [2.24, 2.45) is 0 Å². The standard InChI is InChI=1S/C20H27FN4O2/c1-13-15(5-6-17(21)16(13)9-22)18-12-24-8-7-23-10-14(24)11-25(18)19(26)27-20(2,3)4/h5-6,14,18,23H,7-8,10-12H2,1-4H3/t14-,18-/m1/s1. The minimum atomic E-state index is -0.598. The van der Waals surface area contributed by atoms with Crippen LogP contribution in [0.15, 0.2) is 12.1 Å². The Labute approximate surface area is 159 Å². The van der Waals surface area contributed by atoms with E-state index in [2.05, 4.69) is 10.2 Å². The summed E-state index contributed by atoms with van der Waals surface area (Å²) in [6.45, 7) is 11.1. The van der Waals surface area contributed by atoms with Crippen LogP contribution in [-0.2, 0) is 4.74 Å². The first kappa shape index (κ1) is 19.6. The number of nitrogens with zero attached hydrogens (tertiary/aromatic N) is 3. The number of benzene rings is 1. The van der Waals surface area contributed by atoms with E-state index in [1.807, 2.05) is 26.8 Å². The quantitative estimate of drug-likeness (QED) is 0.818. The molecule has 1 aromatic rings. The minimum Gasteiger partial charge on any atom is -0.444 e. The Morgan fingerprint density at radius 3 is 2.78 bits per heavy atom. The van der Waals surface area contributed by atoms with Crippen molar-refractivity contribution in [2.75, 3.05) is 32.7 Å². The van der Waals surface area contributed by atoms with Crippen LogP contribution in [0.3, 0.4) is 0 Å². The number of hydrogen-bond acceptors (Lipinski definition) is 5. The van der Waals surface area contributed by atoms with Crippen LogP contribution in [0.2, 0.25) is 0 Å². The lowest BCUT2D eigenvalue weighted by Gasteiger charge is -2.48. The van der Waals surface area contributed by atoms with Crippen molar-refractivity contribution >= 4 is 6.09 Å². The van der Waals surface area contributed by atoms with E-state index in [0.29, 0.717) is 18.7 Å². The second-order valence-electron chi connectivity index (χ2n) is 8.25. The summed E-state index contributed by atoms with van der Waals surface area (Å²) in [7, 11) is 0. The van der Waals surface area contributed by atoms with Gasteiger partial charge in [-0.05, 0) is 44.9 Å². The van der Waals surface area contributed by atoms with Crippen molar-refractivity contribution < 1.29 is 13.9 Å². The van der Waals surface area contributed by atoms with Crippen molar-refractivity contribution in [1.82, 2.24) is 15.1 Å². The Bertz CT molecular complexity index is 768. The van der Waals surface area contributed by atoms with Crippen LogP contribution in [0, 0.1) is 24.1 Å². The number of nitrogens with one attached hydrogen (secondary N) is 1. The van der Waals surface area contributed by atoms with Crippen molar-refractivity contribution in [3.05, 3.63) is 34.6 Å². The molecule has 1 N–H and O–H groups in total. The third-order valence-corrected chi connectivity index (χ3v) is 5.22. The fourth-order valence-electron chi connectivity index (χ4n) is 3.88. The molecule has 2 aliphatic heterocycles. The molecular weight excluding hydrogens is 347 g/mol. The smallest absolute Gasteiger partial charge is 0.410 e. The van der Waals surface area contributed by atoms with Gasteiger partial charge in [-0.15, -0.1) is 0 Å². The van der Waals surface area contributed by atoms with Gasteiger partial charge in [-0.1, -0.05) is 6.07 Å². The number of hydrogen-bond donors (Lipinski definition) is 1. The summed E-state index contributed by atoms with van der Waals surface area (Å²) in [5.74, 6) is -0.529. The van der Waals surface area contributed by atoms with Crippen molar-refractivity contribution in [1.29, 1.82) is 5.26 Å². The minimum absolute atomic E-state index is 0.0408. The van der Waals surface area contributed by atoms with Crippen molar-refractivity contribution in [3.8, 4) is 6.07 Å². The van der Waals surface area contributed by atoms with Crippen LogP contribution in [-0.4, -0.2) is 60.3 Å². The maximum absolute atomic E-state index is 14.0. The van der Waals surface area contributed by atoms with Crippen LogP contribution in [0.4, 0.5) is 9.18 Å². The molecule has 2 heterocycles. The summed E-state index contributed by atoms with van der Waals surface area (Å²) in [5, 5.41) is 12.7. The second-order valence-corrected chi connectivity index (χ2v) is 8.25. The van der Waals surface area contributed by atoms with Gasteiger partial charge in [-0.3, -0.25) is 9.80 Å². The van der Waals surface area contributed by atoms with E-state index in [4.69, 9.17) is 4.74 Å². The maximum atomic E-state index is 14.0. The van der Waals surface area contributed by atoms with Crippen LogP contribution in [0.5, 0.6) is 0 Å². The largest absolute Gasteiger partial charge is 0.444 e. The van der Waals surface area contributed by atoms with E-state index in [1.54, 1.807) is 17.9 Å². The first-order valence-electron chi connectivity index (χ1n) is 9.34. The topological polar surface area (TPSA) is 68.6 Å². The fourth-order valence-corrected chi connectivity index (χ4v) is 3.88. The number of piperazine rings is 2. The summed E-state index contributed by atoms with van der Waals surface area (Å²) >= 11 is 0. The molecule has 3 rings (SSSR count). The van der Waals surface area contributed by atoms with Gasteiger partial charge < -0.3 is 10.1 Å². The molecule has 0 aliphatic carbocycles. The molecule has 1 amide bonds. The van der Waals surface area contributed by atoms with Gasteiger partial charge in [0.1, 0.15) is 17.5 Å². The number of rotatable bonds is 1. The average molecular weight is 374 g/mol. The van der Waals surface area contributed by atoms with E-state index in [9.17, 15) is 14.4 Å². The summed E-state index contributed by atoms with van der Waals surface area (Å²) < 4.78 is 19.6. The molecule has 0 radical (unpaired) electrons. The van der Waals surface area contributed by atoms with Crippen LogP contribution < -0.4 is 5.32 Å². The Morgan fingerprint density at radius 2 is 2.11 bits per heavy atom. The van der Waals surface area contributed by atoms with Gasteiger partial charge in [0.05, 0.1) is 11.6 Å². The highest BCUT2D eigenvalue weighted by atomic mass is 19.1. The number of fused-ring (bicyclic) bond motifs is 1. The van der Waals surface area contributed by atoms with Crippen molar-refractivity contribution in [3.63, 3.8) is 0 Å². The van der Waals surface area contributed by atoms with Gasteiger partial charge in [0.2, 0.25) is 0 Å². The van der Waals surface area contributed by atoms with Gasteiger partial charge in [-0.2, -0.15) is 5.26 Å². The van der Waals surface area contributed by atoms with Gasteiger partial charge in [0, 0.05) is 38.8 Å². The Kier molecular flexibility index (Phi) is 5.41. The summed E-state index contributed by atoms with van der Waals surface area (Å²) in [6.07, 6.45) is -0.375. The predicted octanol–water partition coefficient (Wildman–Crippen LogP) is 2.57. The lowest BCUT2D eigenvalue weighted by molar-refractivity contribution is -0.0213.